The topological polar surface area (TPSA) is 58.6 Å². The van der Waals surface area contributed by atoms with E-state index in [1.807, 2.05) is 0 Å². The zero-order valence-corrected chi connectivity index (χ0v) is 12.5. The van der Waals surface area contributed by atoms with Crippen LogP contribution >= 0.6 is 11.6 Å². The molecule has 5 nitrogen and oxygen atoms in total. The molecular formula is C16H13ClN2O3. The fourth-order valence-corrected chi connectivity index (χ4v) is 2.41. The largest absolute Gasteiger partial charge is 0.497 e. The first-order valence-electron chi connectivity index (χ1n) is 6.64. The predicted octanol–water partition coefficient (Wildman–Crippen LogP) is 2.51. The Labute approximate surface area is 132 Å². The first-order valence-corrected chi connectivity index (χ1v) is 7.02. The molecule has 1 saturated heterocycles. The average Bonchev–Trinajstić information content (AvgIpc) is 2.84. The Morgan fingerprint density at radius 2 is 1.68 bits per heavy atom. The van der Waals surface area contributed by atoms with E-state index in [0.29, 0.717) is 22.0 Å². The number of halogens is 1. The van der Waals surface area contributed by atoms with Gasteiger partial charge in [0.2, 0.25) is 5.78 Å². The van der Waals surface area contributed by atoms with Crippen LogP contribution in [0.5, 0.6) is 5.75 Å². The fraction of sp³-hybridized carbons (Fsp3) is 0.125. The highest BCUT2D eigenvalue weighted by Gasteiger charge is 2.40. The predicted molar refractivity (Wildman–Crippen MR) is 82.8 cm³/mol. The number of nitrogens with zero attached hydrogens (tertiary/aromatic N) is 1. The minimum Gasteiger partial charge on any atom is -0.497 e. The van der Waals surface area contributed by atoms with E-state index in [-0.39, 0.29) is 0 Å². The number of hydrogen-bond acceptors (Lipinski definition) is 4. The van der Waals surface area contributed by atoms with Gasteiger partial charge in [0.15, 0.2) is 0 Å². The summed E-state index contributed by atoms with van der Waals surface area (Å²) in [5.74, 6) is -0.404. The maximum Gasteiger partial charge on any atom is 0.310 e. The Morgan fingerprint density at radius 3 is 2.27 bits per heavy atom. The normalized spacial score (nSPS) is 17.9. The van der Waals surface area contributed by atoms with Gasteiger partial charge in [-0.25, -0.2) is 10.4 Å². The fourth-order valence-electron chi connectivity index (χ4n) is 2.28. The summed E-state index contributed by atoms with van der Waals surface area (Å²) in [7, 11) is 1.57. The summed E-state index contributed by atoms with van der Waals surface area (Å²) in [5.41, 5.74) is 4.20. The Hall–Kier alpha value is -2.37. The molecule has 1 aliphatic rings. The number of nitrogens with one attached hydrogen (secondary N) is 1. The Kier molecular flexibility index (Phi) is 3.83. The molecule has 6 heteroatoms. The van der Waals surface area contributed by atoms with E-state index >= 15 is 0 Å². The number of anilines is 1. The number of hydrazine groups is 1. The van der Waals surface area contributed by atoms with E-state index in [1.54, 1.807) is 55.6 Å². The molecule has 1 atom stereocenters. The monoisotopic (exact) mass is 316 g/mol. The van der Waals surface area contributed by atoms with Crippen molar-refractivity contribution in [1.82, 2.24) is 5.43 Å². The molecule has 1 amide bonds. The van der Waals surface area contributed by atoms with Gasteiger partial charge in [0.25, 0.3) is 0 Å². The van der Waals surface area contributed by atoms with Crippen molar-refractivity contribution < 1.29 is 14.3 Å². The summed E-state index contributed by atoms with van der Waals surface area (Å²) in [5, 5.41) is 1.81. The summed E-state index contributed by atoms with van der Waals surface area (Å²) in [6.07, 6.45) is 0. The number of rotatable bonds is 3. The first kappa shape index (κ1) is 14.6. The standard InChI is InChI=1S/C16H13ClN2O3/c1-22-13-8-2-10(3-9-13)14-15(20)16(21)19(18-14)12-6-4-11(17)5-7-12/h2-9,14,18H,1H3. The number of ketones is 1. The third kappa shape index (κ3) is 2.56. The van der Waals surface area contributed by atoms with Crippen LogP contribution in [-0.4, -0.2) is 18.8 Å². The second-order valence-corrected chi connectivity index (χ2v) is 5.25. The van der Waals surface area contributed by atoms with Crippen LogP contribution in [0.1, 0.15) is 11.6 Å². The van der Waals surface area contributed by atoms with Crippen LogP contribution in [0, 0.1) is 0 Å². The van der Waals surface area contributed by atoms with Gasteiger partial charge in [-0.05, 0) is 42.0 Å². The van der Waals surface area contributed by atoms with Gasteiger partial charge in [0, 0.05) is 5.02 Å². The number of Topliss-reactive ketones (excluding diaryl/α,β-unsaturated/α-hetero) is 1. The molecule has 1 N–H and O–H groups in total. The molecule has 0 bridgehead atoms. The second kappa shape index (κ2) is 5.79. The highest BCUT2D eigenvalue weighted by Crippen LogP contribution is 2.27. The van der Waals surface area contributed by atoms with E-state index in [1.165, 1.54) is 5.01 Å². The minimum atomic E-state index is -0.700. The van der Waals surface area contributed by atoms with Crippen molar-refractivity contribution in [2.75, 3.05) is 12.1 Å². The van der Waals surface area contributed by atoms with Gasteiger partial charge < -0.3 is 4.74 Å². The van der Waals surface area contributed by atoms with Crippen molar-refractivity contribution in [3.05, 3.63) is 59.1 Å². The molecule has 3 rings (SSSR count). The van der Waals surface area contributed by atoms with Crippen LogP contribution in [-0.2, 0) is 9.59 Å². The molecule has 0 spiro atoms. The maximum absolute atomic E-state index is 12.2. The molecule has 112 valence electrons. The quantitative estimate of drug-likeness (QED) is 0.884. The van der Waals surface area contributed by atoms with E-state index < -0.39 is 17.7 Å². The van der Waals surface area contributed by atoms with Crippen LogP contribution in [0.25, 0.3) is 0 Å². The zero-order chi connectivity index (χ0) is 15.7. The van der Waals surface area contributed by atoms with Crippen LogP contribution in [0.2, 0.25) is 5.02 Å². The van der Waals surface area contributed by atoms with Gasteiger partial charge in [-0.15, -0.1) is 0 Å². The average molecular weight is 317 g/mol. The number of carbonyl (C=O) groups excluding carboxylic acids is 2. The molecule has 0 saturated carbocycles. The number of carbonyl (C=O) groups is 2. The molecule has 1 unspecified atom stereocenters. The first-order chi connectivity index (χ1) is 10.6. The molecule has 0 radical (unpaired) electrons. The second-order valence-electron chi connectivity index (χ2n) is 4.82. The van der Waals surface area contributed by atoms with Crippen LogP contribution in [0.15, 0.2) is 48.5 Å². The molecule has 0 aliphatic carbocycles. The third-order valence-corrected chi connectivity index (χ3v) is 3.72. The lowest BCUT2D eigenvalue weighted by Gasteiger charge is -2.17. The number of methoxy groups -OCH3 is 1. The zero-order valence-electron chi connectivity index (χ0n) is 11.7. The van der Waals surface area contributed by atoms with Gasteiger partial charge >= 0.3 is 5.91 Å². The molecule has 0 aromatic heterocycles. The molecule has 1 heterocycles. The number of ether oxygens (including phenoxy) is 1. The van der Waals surface area contributed by atoms with Crippen molar-refractivity contribution in [2.45, 2.75) is 6.04 Å². The SMILES string of the molecule is COc1ccc(C2NN(c3ccc(Cl)cc3)C(=O)C2=O)cc1. The van der Waals surface area contributed by atoms with Gasteiger partial charge in [0.05, 0.1) is 12.8 Å². The van der Waals surface area contributed by atoms with Crippen molar-refractivity contribution in [2.24, 2.45) is 0 Å². The minimum absolute atomic E-state index is 0.500. The maximum atomic E-state index is 12.2. The highest BCUT2D eigenvalue weighted by atomic mass is 35.5. The van der Waals surface area contributed by atoms with Crippen LogP contribution in [0.3, 0.4) is 0 Å². The molecule has 2 aromatic carbocycles. The Morgan fingerprint density at radius 1 is 1.05 bits per heavy atom. The van der Waals surface area contributed by atoms with Crippen molar-refractivity contribution in [1.29, 1.82) is 0 Å². The van der Waals surface area contributed by atoms with Crippen molar-refractivity contribution in [3.8, 4) is 5.75 Å². The summed E-state index contributed by atoms with van der Waals surface area (Å²) in [6.45, 7) is 0. The van der Waals surface area contributed by atoms with E-state index in [4.69, 9.17) is 16.3 Å². The highest BCUT2D eigenvalue weighted by molar-refractivity contribution is 6.45. The van der Waals surface area contributed by atoms with E-state index in [2.05, 4.69) is 5.43 Å². The van der Waals surface area contributed by atoms with E-state index in [0.717, 1.165) is 0 Å². The molecule has 1 aliphatic heterocycles. The van der Waals surface area contributed by atoms with Crippen molar-refractivity contribution in [3.63, 3.8) is 0 Å². The number of amides is 1. The molecular weight excluding hydrogens is 304 g/mol. The number of hydrogen-bond donors (Lipinski definition) is 1. The smallest absolute Gasteiger partial charge is 0.310 e. The van der Waals surface area contributed by atoms with Gasteiger partial charge in [0.1, 0.15) is 11.8 Å². The molecule has 22 heavy (non-hydrogen) atoms. The lowest BCUT2D eigenvalue weighted by Crippen LogP contribution is -2.35. The van der Waals surface area contributed by atoms with Gasteiger partial charge in [-0.1, -0.05) is 23.7 Å². The summed E-state index contributed by atoms with van der Waals surface area (Å²) >= 11 is 5.83. The summed E-state index contributed by atoms with van der Waals surface area (Å²) in [6, 6.07) is 13.0. The molecule has 1 fully saturated rings. The van der Waals surface area contributed by atoms with Crippen LogP contribution < -0.4 is 15.2 Å². The van der Waals surface area contributed by atoms with Crippen molar-refractivity contribution >= 4 is 29.0 Å². The lowest BCUT2D eigenvalue weighted by molar-refractivity contribution is -0.134. The van der Waals surface area contributed by atoms with E-state index in [9.17, 15) is 9.59 Å². The van der Waals surface area contributed by atoms with Crippen LogP contribution in [0.4, 0.5) is 5.69 Å². The Bertz CT molecular complexity index is 713. The summed E-state index contributed by atoms with van der Waals surface area (Å²) in [4.78, 5) is 24.4. The third-order valence-electron chi connectivity index (χ3n) is 3.47. The Balaban J connectivity index is 1.87. The van der Waals surface area contributed by atoms with Gasteiger partial charge in [-0.3, -0.25) is 9.59 Å². The molecule has 2 aromatic rings. The lowest BCUT2D eigenvalue weighted by atomic mass is 10.0. The summed E-state index contributed by atoms with van der Waals surface area (Å²) < 4.78 is 5.09. The van der Waals surface area contributed by atoms with Gasteiger partial charge in [-0.2, -0.15) is 0 Å². The number of benzene rings is 2.